The molecule has 4 rings (SSSR count). The van der Waals surface area contributed by atoms with Crippen molar-refractivity contribution in [3.05, 3.63) is 59.7 Å². The van der Waals surface area contributed by atoms with Crippen molar-refractivity contribution in [3.8, 4) is 11.1 Å². The van der Waals surface area contributed by atoms with Gasteiger partial charge >= 0.3 is 12.1 Å². The molecule has 35 heavy (non-hydrogen) atoms. The van der Waals surface area contributed by atoms with Crippen molar-refractivity contribution in [1.29, 1.82) is 0 Å². The molecule has 2 aliphatic carbocycles. The molecule has 7 nitrogen and oxygen atoms in total. The number of benzene rings is 2. The van der Waals surface area contributed by atoms with Crippen LogP contribution in [0.2, 0.25) is 0 Å². The second-order valence-corrected chi connectivity index (χ2v) is 9.70. The minimum atomic E-state index is -0.926. The summed E-state index contributed by atoms with van der Waals surface area (Å²) in [5.74, 6) is -1.47. The van der Waals surface area contributed by atoms with E-state index < -0.39 is 18.0 Å². The first-order chi connectivity index (χ1) is 16.9. The molecule has 0 saturated heterocycles. The highest BCUT2D eigenvalue weighted by Crippen LogP contribution is 2.44. The van der Waals surface area contributed by atoms with Crippen LogP contribution in [0, 0.1) is 11.8 Å². The van der Waals surface area contributed by atoms with Crippen LogP contribution in [-0.2, 0) is 14.3 Å². The Morgan fingerprint density at radius 2 is 1.63 bits per heavy atom. The largest absolute Gasteiger partial charge is 0.481 e. The lowest BCUT2D eigenvalue weighted by Gasteiger charge is -2.32. The van der Waals surface area contributed by atoms with E-state index in [2.05, 4.69) is 34.9 Å². The first-order valence-electron chi connectivity index (χ1n) is 12.5. The van der Waals surface area contributed by atoms with Gasteiger partial charge in [0, 0.05) is 24.9 Å². The molecule has 0 spiro atoms. The maximum absolute atomic E-state index is 12.7. The summed E-state index contributed by atoms with van der Waals surface area (Å²) in [6.45, 7) is 1.97. The molecule has 1 saturated carbocycles. The third-order valence-electron chi connectivity index (χ3n) is 7.33. The van der Waals surface area contributed by atoms with Crippen molar-refractivity contribution in [2.24, 2.45) is 11.8 Å². The van der Waals surface area contributed by atoms with Crippen LogP contribution < -0.4 is 10.6 Å². The average Bonchev–Trinajstić information content (AvgIpc) is 3.19. The topological polar surface area (TPSA) is 105 Å². The number of carbonyl (C=O) groups is 3. The lowest BCUT2D eigenvalue weighted by atomic mass is 9.81. The predicted octanol–water partition coefficient (Wildman–Crippen LogP) is 4.70. The van der Waals surface area contributed by atoms with Crippen LogP contribution in [0.3, 0.4) is 0 Å². The van der Waals surface area contributed by atoms with Gasteiger partial charge in [-0.25, -0.2) is 4.79 Å². The average molecular weight is 479 g/mol. The SMILES string of the molecule is CC(CNC(=O)CCC1CCCCC1NC(=O)OCC1c2ccccc2-c2ccccc21)C(=O)O. The van der Waals surface area contributed by atoms with Gasteiger partial charge in [-0.3, -0.25) is 9.59 Å². The summed E-state index contributed by atoms with van der Waals surface area (Å²) in [5, 5.41) is 14.7. The summed E-state index contributed by atoms with van der Waals surface area (Å²) in [7, 11) is 0. The third kappa shape index (κ3) is 6.02. The van der Waals surface area contributed by atoms with Crippen LogP contribution >= 0.6 is 0 Å². The van der Waals surface area contributed by atoms with Crippen LogP contribution in [0.25, 0.3) is 11.1 Å². The van der Waals surface area contributed by atoms with Crippen molar-refractivity contribution in [2.75, 3.05) is 13.2 Å². The van der Waals surface area contributed by atoms with Crippen molar-refractivity contribution in [2.45, 2.75) is 57.4 Å². The maximum Gasteiger partial charge on any atom is 0.407 e. The molecule has 2 aromatic carbocycles. The number of carbonyl (C=O) groups excluding carboxylic acids is 2. The smallest absolute Gasteiger partial charge is 0.407 e. The molecule has 3 unspecified atom stereocenters. The Labute approximate surface area is 206 Å². The van der Waals surface area contributed by atoms with Gasteiger partial charge in [0.2, 0.25) is 5.91 Å². The van der Waals surface area contributed by atoms with E-state index in [1.807, 2.05) is 24.3 Å². The quantitative estimate of drug-likeness (QED) is 0.485. The fourth-order valence-electron chi connectivity index (χ4n) is 5.29. The lowest BCUT2D eigenvalue weighted by molar-refractivity contribution is -0.141. The second kappa shape index (κ2) is 11.4. The second-order valence-electron chi connectivity index (χ2n) is 9.70. The van der Waals surface area contributed by atoms with E-state index in [-0.39, 0.29) is 36.9 Å². The maximum atomic E-state index is 12.7. The Hall–Kier alpha value is -3.35. The van der Waals surface area contributed by atoms with Gasteiger partial charge in [-0.2, -0.15) is 0 Å². The number of carboxylic acid groups (broad SMARTS) is 1. The predicted molar refractivity (Wildman–Crippen MR) is 133 cm³/mol. The summed E-state index contributed by atoms with van der Waals surface area (Å²) < 4.78 is 5.72. The highest BCUT2D eigenvalue weighted by molar-refractivity contribution is 5.79. The number of fused-ring (bicyclic) bond motifs is 3. The molecule has 2 aliphatic rings. The van der Waals surface area contributed by atoms with Gasteiger partial charge in [-0.05, 0) is 47.4 Å². The third-order valence-corrected chi connectivity index (χ3v) is 7.33. The first-order valence-corrected chi connectivity index (χ1v) is 12.5. The van der Waals surface area contributed by atoms with E-state index in [1.54, 1.807) is 6.92 Å². The van der Waals surface area contributed by atoms with E-state index >= 15 is 0 Å². The van der Waals surface area contributed by atoms with Crippen LogP contribution in [0.4, 0.5) is 4.79 Å². The van der Waals surface area contributed by atoms with Crippen LogP contribution in [0.1, 0.15) is 62.5 Å². The molecule has 2 aromatic rings. The fraction of sp³-hybridized carbons (Fsp3) is 0.464. The summed E-state index contributed by atoms with van der Waals surface area (Å²) in [6.07, 6.45) is 4.49. The van der Waals surface area contributed by atoms with Gasteiger partial charge in [0.05, 0.1) is 5.92 Å². The molecule has 3 atom stereocenters. The fourth-order valence-corrected chi connectivity index (χ4v) is 5.29. The summed E-state index contributed by atoms with van der Waals surface area (Å²) in [4.78, 5) is 35.8. The Morgan fingerprint density at radius 3 is 2.29 bits per heavy atom. The molecule has 7 heteroatoms. The molecule has 2 amide bonds. The lowest BCUT2D eigenvalue weighted by Crippen LogP contribution is -2.43. The molecule has 186 valence electrons. The van der Waals surface area contributed by atoms with Crippen molar-refractivity contribution >= 4 is 18.0 Å². The van der Waals surface area contributed by atoms with Gasteiger partial charge in [0.1, 0.15) is 6.61 Å². The van der Waals surface area contributed by atoms with E-state index in [0.29, 0.717) is 12.8 Å². The first kappa shape index (κ1) is 24.8. The molecule has 3 N–H and O–H groups in total. The van der Waals surface area contributed by atoms with Gasteiger partial charge < -0.3 is 20.5 Å². The number of nitrogens with one attached hydrogen (secondary N) is 2. The van der Waals surface area contributed by atoms with Gasteiger partial charge in [-0.15, -0.1) is 0 Å². The standard InChI is InChI=1S/C28H34N2O5/c1-18(27(32)33)16-29-26(31)15-14-19-8-2-7-13-25(19)30-28(34)35-17-24-22-11-5-3-9-20(22)21-10-4-6-12-23(21)24/h3-6,9-12,18-19,24-25H,2,7-8,13-17H2,1H3,(H,29,31)(H,30,34)(H,32,33). The van der Waals surface area contributed by atoms with E-state index in [0.717, 1.165) is 25.7 Å². The molecule has 0 heterocycles. The highest BCUT2D eigenvalue weighted by atomic mass is 16.5. The van der Waals surface area contributed by atoms with Crippen molar-refractivity contribution < 1.29 is 24.2 Å². The molecule has 0 radical (unpaired) electrons. The summed E-state index contributed by atoms with van der Waals surface area (Å²) in [6, 6.07) is 16.5. The zero-order chi connectivity index (χ0) is 24.8. The Morgan fingerprint density at radius 1 is 1.00 bits per heavy atom. The van der Waals surface area contributed by atoms with Crippen LogP contribution in [-0.4, -0.2) is 42.3 Å². The van der Waals surface area contributed by atoms with Crippen LogP contribution in [0.15, 0.2) is 48.5 Å². The zero-order valence-corrected chi connectivity index (χ0v) is 20.2. The molecule has 1 fully saturated rings. The number of hydrogen-bond acceptors (Lipinski definition) is 4. The molecular weight excluding hydrogens is 444 g/mol. The van der Waals surface area contributed by atoms with E-state index in [4.69, 9.17) is 9.84 Å². The highest BCUT2D eigenvalue weighted by Gasteiger charge is 2.31. The summed E-state index contributed by atoms with van der Waals surface area (Å²) >= 11 is 0. The monoisotopic (exact) mass is 478 g/mol. The van der Waals surface area contributed by atoms with E-state index in [9.17, 15) is 14.4 Å². The normalized spacial score (nSPS) is 19.8. The van der Waals surface area contributed by atoms with Crippen molar-refractivity contribution in [3.63, 3.8) is 0 Å². The Balaban J connectivity index is 1.29. The number of hydrogen-bond donors (Lipinski definition) is 3. The number of aliphatic carboxylic acids is 1. The Kier molecular flexibility index (Phi) is 8.06. The van der Waals surface area contributed by atoms with Gasteiger partial charge in [-0.1, -0.05) is 68.3 Å². The van der Waals surface area contributed by atoms with E-state index in [1.165, 1.54) is 22.3 Å². The Bertz CT molecular complexity index is 1020. The molecule has 0 bridgehead atoms. The number of amides is 2. The van der Waals surface area contributed by atoms with Gasteiger partial charge in [0.25, 0.3) is 0 Å². The number of alkyl carbamates (subject to hydrolysis) is 1. The zero-order valence-electron chi connectivity index (χ0n) is 20.2. The number of ether oxygens (including phenoxy) is 1. The van der Waals surface area contributed by atoms with Gasteiger partial charge in [0.15, 0.2) is 0 Å². The van der Waals surface area contributed by atoms with Crippen molar-refractivity contribution in [1.82, 2.24) is 10.6 Å². The minimum Gasteiger partial charge on any atom is -0.481 e. The van der Waals surface area contributed by atoms with Crippen LogP contribution in [0.5, 0.6) is 0 Å². The number of rotatable bonds is 9. The molecular formula is C28H34N2O5. The minimum absolute atomic E-state index is 0.0205. The molecule has 0 aliphatic heterocycles. The molecule has 0 aromatic heterocycles. The number of carboxylic acids is 1. The summed E-state index contributed by atoms with van der Waals surface area (Å²) in [5.41, 5.74) is 4.75.